The van der Waals surface area contributed by atoms with Crippen molar-refractivity contribution in [2.45, 2.75) is 328 Å². The molecule has 364 valence electrons. The van der Waals surface area contributed by atoms with Gasteiger partial charge in [-0.25, -0.2) is 0 Å². The maximum absolute atomic E-state index is 12.5. The number of amides is 1. The van der Waals surface area contributed by atoms with Gasteiger partial charge in [-0.15, -0.1) is 0 Å². The molecule has 61 heavy (non-hydrogen) atoms. The topological polar surface area (TPSA) is 95.9 Å². The molecule has 3 N–H and O–H groups in total. The first kappa shape index (κ1) is 59.9. The summed E-state index contributed by atoms with van der Waals surface area (Å²) in [6.45, 7) is 4.95. The van der Waals surface area contributed by atoms with E-state index in [0.29, 0.717) is 25.9 Å². The first-order valence-corrected chi connectivity index (χ1v) is 27.8. The van der Waals surface area contributed by atoms with Gasteiger partial charge in [0, 0.05) is 12.8 Å². The molecule has 0 aliphatic rings. The molecule has 0 saturated carbocycles. The fourth-order valence-corrected chi connectivity index (χ4v) is 8.88. The van der Waals surface area contributed by atoms with Crippen LogP contribution in [0.3, 0.4) is 0 Å². The number of ether oxygens (including phenoxy) is 1. The predicted molar refractivity (Wildman–Crippen MR) is 264 cm³/mol. The van der Waals surface area contributed by atoms with Crippen molar-refractivity contribution in [3.63, 3.8) is 0 Å². The molecule has 6 nitrogen and oxygen atoms in total. The van der Waals surface area contributed by atoms with E-state index in [1.54, 1.807) is 0 Å². The summed E-state index contributed by atoms with van der Waals surface area (Å²) in [4.78, 5) is 24.5. The number of esters is 1. The quantitative estimate of drug-likeness (QED) is 0.0418. The van der Waals surface area contributed by atoms with E-state index in [2.05, 4.69) is 19.2 Å². The monoisotopic (exact) mass is 864 g/mol. The molecule has 0 rings (SSSR count). The lowest BCUT2D eigenvalue weighted by Crippen LogP contribution is -2.45. The molecule has 0 radical (unpaired) electrons. The van der Waals surface area contributed by atoms with Crippen molar-refractivity contribution >= 4 is 11.9 Å². The molecule has 2 unspecified atom stereocenters. The zero-order valence-electron chi connectivity index (χ0n) is 41.4. The number of hydrogen-bond donors (Lipinski definition) is 3. The molecule has 0 bridgehead atoms. The minimum Gasteiger partial charge on any atom is -0.466 e. The van der Waals surface area contributed by atoms with Crippen molar-refractivity contribution in [1.29, 1.82) is 0 Å². The van der Waals surface area contributed by atoms with Crippen LogP contribution in [0.4, 0.5) is 0 Å². The maximum Gasteiger partial charge on any atom is 0.305 e. The van der Waals surface area contributed by atoms with E-state index >= 15 is 0 Å². The average Bonchev–Trinajstić information content (AvgIpc) is 3.26. The summed E-state index contributed by atoms with van der Waals surface area (Å²) < 4.78 is 5.45. The number of aliphatic hydroxyl groups excluding tert-OH is 2. The highest BCUT2D eigenvalue weighted by molar-refractivity contribution is 5.76. The van der Waals surface area contributed by atoms with Gasteiger partial charge >= 0.3 is 5.97 Å². The molecule has 2 atom stereocenters. The summed E-state index contributed by atoms with van der Waals surface area (Å²) >= 11 is 0. The Bertz CT molecular complexity index is 867. The van der Waals surface area contributed by atoms with Gasteiger partial charge in [0.15, 0.2) is 0 Å². The predicted octanol–water partition coefficient (Wildman–Crippen LogP) is 16.7. The van der Waals surface area contributed by atoms with Crippen LogP contribution >= 0.6 is 0 Å². The molecule has 0 aromatic rings. The highest BCUT2D eigenvalue weighted by Crippen LogP contribution is 2.18. The van der Waals surface area contributed by atoms with Crippen LogP contribution in [0.15, 0.2) is 0 Å². The van der Waals surface area contributed by atoms with Crippen LogP contribution in [0, 0.1) is 0 Å². The van der Waals surface area contributed by atoms with E-state index in [4.69, 9.17) is 4.74 Å². The van der Waals surface area contributed by atoms with Gasteiger partial charge < -0.3 is 20.3 Å². The zero-order chi connectivity index (χ0) is 44.4. The van der Waals surface area contributed by atoms with Crippen molar-refractivity contribution < 1.29 is 24.5 Å². The Morgan fingerprint density at radius 2 is 0.672 bits per heavy atom. The zero-order valence-corrected chi connectivity index (χ0v) is 41.4. The van der Waals surface area contributed by atoms with Crippen LogP contribution in [0.25, 0.3) is 0 Å². The summed E-state index contributed by atoms with van der Waals surface area (Å²) in [7, 11) is 0. The largest absolute Gasteiger partial charge is 0.466 e. The van der Waals surface area contributed by atoms with E-state index in [1.165, 1.54) is 238 Å². The van der Waals surface area contributed by atoms with Crippen LogP contribution in [0.1, 0.15) is 316 Å². The van der Waals surface area contributed by atoms with Gasteiger partial charge in [0.2, 0.25) is 5.91 Å². The first-order valence-electron chi connectivity index (χ1n) is 27.8. The molecule has 0 heterocycles. The second-order valence-corrected chi connectivity index (χ2v) is 19.3. The van der Waals surface area contributed by atoms with Crippen LogP contribution in [0.2, 0.25) is 0 Å². The summed E-state index contributed by atoms with van der Waals surface area (Å²) in [5.41, 5.74) is 0. The van der Waals surface area contributed by atoms with Gasteiger partial charge in [0.05, 0.1) is 25.4 Å². The van der Waals surface area contributed by atoms with Gasteiger partial charge in [-0.05, 0) is 25.7 Å². The lowest BCUT2D eigenvalue weighted by Gasteiger charge is -2.22. The number of carbonyl (C=O) groups is 2. The Labute approximate surface area is 381 Å². The highest BCUT2D eigenvalue weighted by Gasteiger charge is 2.20. The third-order valence-electron chi connectivity index (χ3n) is 13.2. The van der Waals surface area contributed by atoms with Gasteiger partial charge in [-0.3, -0.25) is 9.59 Å². The third-order valence-corrected chi connectivity index (χ3v) is 13.2. The van der Waals surface area contributed by atoms with Crippen molar-refractivity contribution in [3.05, 3.63) is 0 Å². The maximum atomic E-state index is 12.5. The van der Waals surface area contributed by atoms with Crippen LogP contribution < -0.4 is 5.32 Å². The minimum atomic E-state index is -0.669. The molecule has 0 aliphatic heterocycles. The summed E-state index contributed by atoms with van der Waals surface area (Å²) in [6.07, 6.45) is 57.9. The Morgan fingerprint density at radius 3 is 1.00 bits per heavy atom. The fourth-order valence-electron chi connectivity index (χ4n) is 8.88. The Kier molecular flexibility index (Phi) is 50.5. The van der Waals surface area contributed by atoms with Gasteiger partial charge in [-0.1, -0.05) is 277 Å². The van der Waals surface area contributed by atoms with Crippen LogP contribution in [-0.2, 0) is 14.3 Å². The van der Waals surface area contributed by atoms with E-state index < -0.39 is 12.1 Å². The number of aliphatic hydroxyl groups is 2. The van der Waals surface area contributed by atoms with Gasteiger partial charge in [0.25, 0.3) is 0 Å². The van der Waals surface area contributed by atoms with Gasteiger partial charge in [0.1, 0.15) is 0 Å². The van der Waals surface area contributed by atoms with Crippen LogP contribution in [0.5, 0.6) is 0 Å². The second kappa shape index (κ2) is 51.5. The molecule has 0 fully saturated rings. The number of hydrogen-bond acceptors (Lipinski definition) is 5. The Balaban J connectivity index is 3.43. The number of carbonyl (C=O) groups excluding carboxylic acids is 2. The molecule has 0 aromatic carbocycles. The molecule has 6 heteroatoms. The third kappa shape index (κ3) is 48.2. The molecule has 1 amide bonds. The highest BCUT2D eigenvalue weighted by atomic mass is 16.5. The Morgan fingerprint density at radius 1 is 0.393 bits per heavy atom. The summed E-state index contributed by atoms with van der Waals surface area (Å²) in [6, 6.07) is -0.546. The molecular formula is C55H109NO5. The summed E-state index contributed by atoms with van der Waals surface area (Å²) in [5, 5.41) is 23.3. The normalized spacial score (nSPS) is 12.5. The smallest absolute Gasteiger partial charge is 0.305 e. The lowest BCUT2D eigenvalue weighted by atomic mass is 10.0. The van der Waals surface area contributed by atoms with E-state index in [9.17, 15) is 19.8 Å². The molecule has 0 aromatic heterocycles. The SMILES string of the molecule is CCCCCCCCCCCCCCCCCCCCC(O)C(CO)NC(=O)CCCCCCCCCCCCCCCCCOC(=O)CCCCCCCCCCCCC. The van der Waals surface area contributed by atoms with Crippen molar-refractivity contribution in [2.75, 3.05) is 13.2 Å². The summed E-state index contributed by atoms with van der Waals surface area (Å²) in [5.74, 6) is -0.0388. The van der Waals surface area contributed by atoms with Crippen molar-refractivity contribution in [1.82, 2.24) is 5.32 Å². The van der Waals surface area contributed by atoms with Crippen molar-refractivity contribution in [2.24, 2.45) is 0 Å². The van der Waals surface area contributed by atoms with E-state index in [0.717, 1.165) is 44.9 Å². The number of nitrogens with one attached hydrogen (secondary N) is 1. The average molecular weight is 864 g/mol. The fraction of sp³-hybridized carbons (Fsp3) is 0.964. The first-order chi connectivity index (χ1) is 30.0. The van der Waals surface area contributed by atoms with E-state index in [1.807, 2.05) is 0 Å². The molecule has 0 aliphatic carbocycles. The van der Waals surface area contributed by atoms with Crippen LogP contribution in [-0.4, -0.2) is 47.4 Å². The molecule has 0 saturated heterocycles. The standard InChI is InChI=1S/C55H109NO5/c1-3-5-7-9-11-13-15-16-17-18-19-21-24-28-31-35-39-43-47-53(58)52(51-57)56-54(59)48-44-40-36-32-29-25-22-20-23-26-30-34-38-42-46-50-61-55(60)49-45-41-37-33-27-14-12-10-8-6-4-2/h52-53,57-58H,3-51H2,1-2H3,(H,56,59). The lowest BCUT2D eigenvalue weighted by molar-refractivity contribution is -0.143. The van der Waals surface area contributed by atoms with Crippen molar-refractivity contribution in [3.8, 4) is 0 Å². The minimum absolute atomic E-state index is 0.00132. The van der Waals surface area contributed by atoms with Gasteiger partial charge in [-0.2, -0.15) is 0 Å². The molecular weight excluding hydrogens is 755 g/mol. The number of unbranched alkanes of at least 4 members (excludes halogenated alkanes) is 41. The Hall–Kier alpha value is -1.14. The molecule has 0 spiro atoms. The van der Waals surface area contributed by atoms with E-state index in [-0.39, 0.29) is 18.5 Å². The second-order valence-electron chi connectivity index (χ2n) is 19.3. The number of rotatable bonds is 52.